The fourth-order valence-corrected chi connectivity index (χ4v) is 3.74. The predicted octanol–water partition coefficient (Wildman–Crippen LogP) is 7.09. The van der Waals surface area contributed by atoms with Gasteiger partial charge in [-0.25, -0.2) is 14.4 Å². The molecule has 0 atom stereocenters. The number of halogens is 2. The van der Waals surface area contributed by atoms with E-state index in [1.165, 1.54) is 12.1 Å². The molecule has 0 saturated heterocycles. The van der Waals surface area contributed by atoms with Crippen molar-refractivity contribution in [1.29, 1.82) is 0 Å². The van der Waals surface area contributed by atoms with E-state index < -0.39 is 11.7 Å². The van der Waals surface area contributed by atoms with Crippen LogP contribution in [0.2, 0.25) is 5.02 Å². The Morgan fingerprint density at radius 3 is 2.32 bits per heavy atom. The van der Waals surface area contributed by atoms with Gasteiger partial charge in [-0.3, -0.25) is 4.79 Å². The van der Waals surface area contributed by atoms with Crippen LogP contribution in [-0.4, -0.2) is 15.9 Å². The number of amides is 1. The molecule has 0 aliphatic carbocycles. The number of nitrogens with one attached hydrogen (secondary N) is 2. The molecule has 5 rings (SSSR count). The number of hydrogen-bond acceptors (Lipinski definition) is 4. The summed E-state index contributed by atoms with van der Waals surface area (Å²) in [5.74, 6) is -0.475. The van der Waals surface area contributed by atoms with Crippen LogP contribution in [0.15, 0.2) is 97.1 Å². The van der Waals surface area contributed by atoms with Gasteiger partial charge in [0.1, 0.15) is 5.82 Å². The van der Waals surface area contributed by atoms with Crippen LogP contribution in [0.4, 0.5) is 21.7 Å². The Bertz CT molecular complexity index is 1490. The number of anilines is 3. The summed E-state index contributed by atoms with van der Waals surface area (Å²) in [6, 6.07) is 28.1. The summed E-state index contributed by atoms with van der Waals surface area (Å²) < 4.78 is 13.8. The minimum Gasteiger partial charge on any atom is -0.324 e. The Kier molecular flexibility index (Phi) is 5.89. The second-order valence-electron chi connectivity index (χ2n) is 7.56. The first-order valence-electron chi connectivity index (χ1n) is 10.5. The average molecular weight is 469 g/mol. The Balaban J connectivity index is 1.42. The van der Waals surface area contributed by atoms with Crippen molar-refractivity contribution in [2.75, 3.05) is 10.6 Å². The molecule has 34 heavy (non-hydrogen) atoms. The molecule has 0 aliphatic rings. The van der Waals surface area contributed by atoms with Gasteiger partial charge in [0, 0.05) is 27.2 Å². The molecule has 0 radical (unpaired) electrons. The number of carbonyl (C=O) groups is 1. The number of carbonyl (C=O) groups excluding carboxylic acids is 1. The minimum absolute atomic E-state index is 0.132. The van der Waals surface area contributed by atoms with Crippen LogP contribution in [-0.2, 0) is 0 Å². The van der Waals surface area contributed by atoms with E-state index in [2.05, 4.69) is 15.6 Å². The molecule has 0 bridgehead atoms. The van der Waals surface area contributed by atoms with E-state index in [9.17, 15) is 9.18 Å². The summed E-state index contributed by atoms with van der Waals surface area (Å²) in [4.78, 5) is 21.8. The van der Waals surface area contributed by atoms with Crippen LogP contribution < -0.4 is 10.6 Å². The zero-order chi connectivity index (χ0) is 23.5. The molecular weight excluding hydrogens is 451 g/mol. The first-order chi connectivity index (χ1) is 16.6. The van der Waals surface area contributed by atoms with E-state index in [4.69, 9.17) is 16.6 Å². The highest BCUT2D eigenvalue weighted by Gasteiger charge is 2.12. The summed E-state index contributed by atoms with van der Waals surface area (Å²) in [7, 11) is 0. The molecule has 4 aromatic carbocycles. The third kappa shape index (κ3) is 4.58. The van der Waals surface area contributed by atoms with Crippen LogP contribution in [0.1, 0.15) is 10.4 Å². The molecule has 1 amide bonds. The average Bonchev–Trinajstić information content (AvgIpc) is 2.86. The van der Waals surface area contributed by atoms with Gasteiger partial charge < -0.3 is 10.6 Å². The monoisotopic (exact) mass is 468 g/mol. The first-order valence-corrected chi connectivity index (χ1v) is 10.9. The SMILES string of the molecule is O=C(Nc1ccccc1F)c1ccc(Nc2nc(-c3ccccc3)c3cc(Cl)ccc3n2)cc1. The lowest BCUT2D eigenvalue weighted by atomic mass is 10.1. The zero-order valence-electron chi connectivity index (χ0n) is 17.8. The van der Waals surface area contributed by atoms with Crippen molar-refractivity contribution in [1.82, 2.24) is 9.97 Å². The highest BCUT2D eigenvalue weighted by Crippen LogP contribution is 2.30. The van der Waals surface area contributed by atoms with Crippen molar-refractivity contribution in [3.05, 3.63) is 113 Å². The van der Waals surface area contributed by atoms with Gasteiger partial charge in [0.25, 0.3) is 5.91 Å². The number of aromatic nitrogens is 2. The molecule has 5 aromatic rings. The lowest BCUT2D eigenvalue weighted by Crippen LogP contribution is -2.12. The molecule has 0 spiro atoms. The first kappa shape index (κ1) is 21.6. The van der Waals surface area contributed by atoms with Gasteiger partial charge in [-0.2, -0.15) is 0 Å². The summed E-state index contributed by atoms with van der Waals surface area (Å²) >= 11 is 6.22. The van der Waals surface area contributed by atoms with Gasteiger partial charge in [0.05, 0.1) is 16.9 Å². The predicted molar refractivity (Wildman–Crippen MR) is 134 cm³/mol. The smallest absolute Gasteiger partial charge is 0.255 e. The maximum Gasteiger partial charge on any atom is 0.255 e. The summed E-state index contributed by atoms with van der Waals surface area (Å²) in [5, 5.41) is 7.24. The van der Waals surface area contributed by atoms with Gasteiger partial charge in [-0.15, -0.1) is 0 Å². The second-order valence-corrected chi connectivity index (χ2v) is 8.00. The van der Waals surface area contributed by atoms with Gasteiger partial charge in [-0.1, -0.05) is 54.1 Å². The molecule has 7 heteroatoms. The van der Waals surface area contributed by atoms with E-state index in [0.29, 0.717) is 22.2 Å². The van der Waals surface area contributed by atoms with Crippen molar-refractivity contribution in [3.63, 3.8) is 0 Å². The van der Waals surface area contributed by atoms with Crippen LogP contribution >= 0.6 is 11.6 Å². The molecule has 0 unspecified atom stereocenters. The van der Waals surface area contributed by atoms with Crippen LogP contribution in [0, 0.1) is 5.82 Å². The molecule has 166 valence electrons. The zero-order valence-corrected chi connectivity index (χ0v) is 18.6. The van der Waals surface area contributed by atoms with E-state index in [0.717, 1.165) is 22.2 Å². The van der Waals surface area contributed by atoms with E-state index in [1.807, 2.05) is 42.5 Å². The number of hydrogen-bond donors (Lipinski definition) is 2. The van der Waals surface area contributed by atoms with Crippen LogP contribution in [0.5, 0.6) is 0 Å². The maximum atomic E-state index is 13.8. The van der Waals surface area contributed by atoms with Crippen LogP contribution in [0.3, 0.4) is 0 Å². The van der Waals surface area contributed by atoms with Crippen LogP contribution in [0.25, 0.3) is 22.2 Å². The molecule has 1 heterocycles. The normalized spacial score (nSPS) is 10.8. The van der Waals surface area contributed by atoms with Crippen molar-refractivity contribution < 1.29 is 9.18 Å². The van der Waals surface area contributed by atoms with E-state index >= 15 is 0 Å². The molecular formula is C27H18ClFN4O. The number of benzene rings is 4. The van der Waals surface area contributed by atoms with Crippen molar-refractivity contribution in [3.8, 4) is 11.3 Å². The van der Waals surface area contributed by atoms with Gasteiger partial charge in [0.2, 0.25) is 5.95 Å². The van der Waals surface area contributed by atoms with Crippen molar-refractivity contribution in [2.45, 2.75) is 0 Å². The Labute approximate surface area is 200 Å². The quantitative estimate of drug-likeness (QED) is 0.289. The topological polar surface area (TPSA) is 66.9 Å². The Morgan fingerprint density at radius 2 is 1.56 bits per heavy atom. The lowest BCUT2D eigenvalue weighted by molar-refractivity contribution is 0.102. The van der Waals surface area contributed by atoms with E-state index in [-0.39, 0.29) is 5.69 Å². The third-order valence-electron chi connectivity index (χ3n) is 5.23. The second kappa shape index (κ2) is 9.29. The molecule has 5 nitrogen and oxygen atoms in total. The molecule has 0 fully saturated rings. The molecule has 1 aromatic heterocycles. The molecule has 0 saturated carbocycles. The Morgan fingerprint density at radius 1 is 0.824 bits per heavy atom. The maximum absolute atomic E-state index is 13.8. The van der Waals surface area contributed by atoms with Gasteiger partial charge in [-0.05, 0) is 54.6 Å². The van der Waals surface area contributed by atoms with E-state index in [1.54, 1.807) is 42.5 Å². The minimum atomic E-state index is -0.488. The standard InChI is InChI=1S/C27H18ClFN4O/c28-19-12-15-23-21(16-19)25(17-6-2-1-3-7-17)33-27(32-23)30-20-13-10-18(11-14-20)26(34)31-24-9-5-4-8-22(24)29/h1-16H,(H,31,34)(H,30,32,33). The van der Waals surface area contributed by atoms with Crippen molar-refractivity contribution >= 4 is 45.7 Å². The third-order valence-corrected chi connectivity index (χ3v) is 5.47. The lowest BCUT2D eigenvalue weighted by Gasteiger charge is -2.11. The summed E-state index contributed by atoms with van der Waals surface area (Å²) in [5.41, 5.74) is 3.69. The highest BCUT2D eigenvalue weighted by atomic mass is 35.5. The molecule has 0 aliphatic heterocycles. The van der Waals surface area contributed by atoms with Gasteiger partial charge in [0.15, 0.2) is 0 Å². The number of para-hydroxylation sites is 1. The fraction of sp³-hybridized carbons (Fsp3) is 0. The number of rotatable bonds is 5. The fourth-order valence-electron chi connectivity index (χ4n) is 3.56. The van der Waals surface area contributed by atoms with Crippen molar-refractivity contribution in [2.24, 2.45) is 0 Å². The number of nitrogens with zero attached hydrogens (tertiary/aromatic N) is 2. The summed E-state index contributed by atoms with van der Waals surface area (Å²) in [6.45, 7) is 0. The Hall–Kier alpha value is -4.29. The summed E-state index contributed by atoms with van der Waals surface area (Å²) in [6.07, 6.45) is 0. The molecule has 2 N–H and O–H groups in total. The van der Waals surface area contributed by atoms with Gasteiger partial charge >= 0.3 is 0 Å². The number of fused-ring (bicyclic) bond motifs is 1. The highest BCUT2D eigenvalue weighted by molar-refractivity contribution is 6.31. The largest absolute Gasteiger partial charge is 0.324 e.